The van der Waals surface area contributed by atoms with Gasteiger partial charge >= 0.3 is 6.03 Å². The lowest BCUT2D eigenvalue weighted by Gasteiger charge is -2.22. The van der Waals surface area contributed by atoms with E-state index in [2.05, 4.69) is 84.3 Å². The number of urea groups is 1. The average molecular weight is 490 g/mol. The second-order valence-corrected chi connectivity index (χ2v) is 9.50. The molecule has 2 aromatic carbocycles. The first kappa shape index (κ1) is 25.1. The first-order valence-electron chi connectivity index (χ1n) is 11.0. The summed E-state index contributed by atoms with van der Waals surface area (Å²) < 4.78 is 6.81. The summed E-state index contributed by atoms with van der Waals surface area (Å²) in [7, 11) is 0. The summed E-state index contributed by atoms with van der Waals surface area (Å²) in [4.78, 5) is 14.5. The number of ether oxygens (including phenoxy) is 1. The highest BCUT2D eigenvalue weighted by atomic mass is 79.9. The molecule has 0 saturated heterocycles. The lowest BCUT2D eigenvalue weighted by atomic mass is 9.87. The predicted molar refractivity (Wildman–Crippen MR) is 135 cm³/mol. The van der Waals surface area contributed by atoms with Crippen LogP contribution in [0, 0.1) is 6.92 Å². The van der Waals surface area contributed by atoms with E-state index in [-0.39, 0.29) is 11.4 Å². The van der Waals surface area contributed by atoms with E-state index < -0.39 is 0 Å². The van der Waals surface area contributed by atoms with Gasteiger partial charge in [0, 0.05) is 31.0 Å². The first-order chi connectivity index (χ1) is 14.7. The Morgan fingerprint density at radius 3 is 2.39 bits per heavy atom. The molecule has 2 amide bonds. The number of carbonyl (C=O) groups excluding carboxylic acids is 1. The molecule has 2 aromatic rings. The number of benzene rings is 2. The average Bonchev–Trinajstić information content (AvgIpc) is 2.71. The lowest BCUT2D eigenvalue weighted by molar-refractivity contribution is 0.250. The standard InChI is InChI=1S/C25H36BrN3O2/c1-7-29(8-2)20-11-12-22(18(3)16-20)28-24(30)27-14-9-15-31-23-13-10-19(17-21(23)26)25(4,5)6/h10-13,16-17H,7-9,14-15H2,1-6H3,(H2,27,28,30). The van der Waals surface area contributed by atoms with Crippen molar-refractivity contribution in [3.05, 3.63) is 52.0 Å². The van der Waals surface area contributed by atoms with Crippen LogP contribution in [0.2, 0.25) is 0 Å². The van der Waals surface area contributed by atoms with Gasteiger partial charge in [-0.25, -0.2) is 4.79 Å². The fourth-order valence-electron chi connectivity index (χ4n) is 3.28. The number of amides is 2. The second-order valence-electron chi connectivity index (χ2n) is 8.65. The molecule has 2 rings (SSSR count). The molecule has 0 unspecified atom stereocenters. The molecule has 31 heavy (non-hydrogen) atoms. The minimum absolute atomic E-state index is 0.0996. The number of nitrogens with one attached hydrogen (secondary N) is 2. The van der Waals surface area contributed by atoms with Crippen LogP contribution in [-0.4, -0.2) is 32.3 Å². The summed E-state index contributed by atoms with van der Waals surface area (Å²) in [6.45, 7) is 15.9. The van der Waals surface area contributed by atoms with Crippen LogP contribution in [-0.2, 0) is 5.41 Å². The van der Waals surface area contributed by atoms with Crippen LogP contribution in [0.4, 0.5) is 16.2 Å². The summed E-state index contributed by atoms with van der Waals surface area (Å²) in [6.07, 6.45) is 0.723. The Morgan fingerprint density at radius 1 is 1.10 bits per heavy atom. The molecule has 0 heterocycles. The van der Waals surface area contributed by atoms with Gasteiger partial charge in [0.2, 0.25) is 0 Å². The third-order valence-electron chi connectivity index (χ3n) is 5.25. The van der Waals surface area contributed by atoms with Gasteiger partial charge in [-0.05, 0) is 90.0 Å². The summed E-state index contributed by atoms with van der Waals surface area (Å²) in [6, 6.07) is 12.1. The predicted octanol–water partition coefficient (Wildman–Crippen LogP) is 6.49. The Bertz CT molecular complexity index is 874. The molecule has 0 aliphatic heterocycles. The van der Waals surface area contributed by atoms with Crippen molar-refractivity contribution in [3.8, 4) is 5.75 Å². The van der Waals surface area contributed by atoms with Crippen molar-refractivity contribution in [2.24, 2.45) is 0 Å². The zero-order valence-electron chi connectivity index (χ0n) is 19.6. The lowest BCUT2D eigenvalue weighted by Crippen LogP contribution is -2.30. The van der Waals surface area contributed by atoms with Gasteiger partial charge in [-0.15, -0.1) is 0 Å². The van der Waals surface area contributed by atoms with Crippen molar-refractivity contribution >= 4 is 33.3 Å². The van der Waals surface area contributed by atoms with Crippen LogP contribution in [0.1, 0.15) is 52.2 Å². The van der Waals surface area contributed by atoms with Crippen molar-refractivity contribution in [1.82, 2.24) is 5.32 Å². The molecule has 0 bridgehead atoms. The molecule has 6 heteroatoms. The minimum atomic E-state index is -0.200. The highest BCUT2D eigenvalue weighted by molar-refractivity contribution is 9.10. The minimum Gasteiger partial charge on any atom is -0.492 e. The fraction of sp³-hybridized carbons (Fsp3) is 0.480. The van der Waals surface area contributed by atoms with Crippen molar-refractivity contribution in [3.63, 3.8) is 0 Å². The fourth-order valence-corrected chi connectivity index (χ4v) is 3.77. The molecule has 0 aromatic heterocycles. The maximum Gasteiger partial charge on any atom is 0.319 e. The van der Waals surface area contributed by atoms with Crippen LogP contribution < -0.4 is 20.3 Å². The van der Waals surface area contributed by atoms with E-state index in [1.54, 1.807) is 0 Å². The van der Waals surface area contributed by atoms with Gasteiger partial charge in [-0.1, -0.05) is 26.8 Å². The van der Waals surface area contributed by atoms with Gasteiger partial charge in [0.05, 0.1) is 11.1 Å². The Kier molecular flexibility index (Phi) is 9.23. The third kappa shape index (κ3) is 7.46. The van der Waals surface area contributed by atoms with Crippen molar-refractivity contribution in [2.75, 3.05) is 36.5 Å². The number of halogens is 1. The highest BCUT2D eigenvalue weighted by Crippen LogP contribution is 2.31. The molecule has 0 aliphatic carbocycles. The molecule has 0 saturated carbocycles. The van der Waals surface area contributed by atoms with Crippen molar-refractivity contribution < 1.29 is 9.53 Å². The van der Waals surface area contributed by atoms with E-state index in [1.165, 1.54) is 11.3 Å². The molecule has 0 spiro atoms. The van der Waals surface area contributed by atoms with Crippen LogP contribution in [0.3, 0.4) is 0 Å². The van der Waals surface area contributed by atoms with Crippen molar-refractivity contribution in [2.45, 2.75) is 53.4 Å². The quantitative estimate of drug-likeness (QED) is 0.395. The number of carbonyl (C=O) groups is 1. The Morgan fingerprint density at radius 2 is 1.81 bits per heavy atom. The monoisotopic (exact) mass is 489 g/mol. The Labute approximate surface area is 195 Å². The van der Waals surface area contributed by atoms with Crippen LogP contribution in [0.25, 0.3) is 0 Å². The SMILES string of the molecule is CCN(CC)c1ccc(NC(=O)NCCCOc2ccc(C(C)(C)C)cc2Br)c(C)c1. The number of aryl methyl sites for hydroxylation is 1. The van der Waals surface area contributed by atoms with E-state index in [9.17, 15) is 4.79 Å². The van der Waals surface area contributed by atoms with Crippen LogP contribution in [0.15, 0.2) is 40.9 Å². The number of hydrogen-bond donors (Lipinski definition) is 2. The van der Waals surface area contributed by atoms with E-state index in [4.69, 9.17) is 4.74 Å². The molecule has 0 atom stereocenters. The molecule has 170 valence electrons. The molecule has 0 radical (unpaired) electrons. The topological polar surface area (TPSA) is 53.6 Å². The zero-order chi connectivity index (χ0) is 23.0. The highest BCUT2D eigenvalue weighted by Gasteiger charge is 2.15. The van der Waals surface area contributed by atoms with E-state index in [0.29, 0.717) is 13.2 Å². The van der Waals surface area contributed by atoms with Gasteiger partial charge in [-0.3, -0.25) is 0 Å². The summed E-state index contributed by atoms with van der Waals surface area (Å²) in [5.74, 6) is 0.821. The van der Waals surface area contributed by atoms with Gasteiger partial charge in [0.15, 0.2) is 0 Å². The number of hydrogen-bond acceptors (Lipinski definition) is 3. The van der Waals surface area contributed by atoms with Crippen molar-refractivity contribution in [1.29, 1.82) is 0 Å². The number of nitrogens with zero attached hydrogens (tertiary/aromatic N) is 1. The molecule has 5 nitrogen and oxygen atoms in total. The number of rotatable bonds is 9. The molecular formula is C25H36BrN3O2. The zero-order valence-corrected chi connectivity index (χ0v) is 21.2. The van der Waals surface area contributed by atoms with E-state index in [0.717, 1.165) is 41.0 Å². The van der Waals surface area contributed by atoms with E-state index in [1.807, 2.05) is 25.1 Å². The normalized spacial score (nSPS) is 11.2. The maximum atomic E-state index is 12.2. The van der Waals surface area contributed by atoms with Gasteiger partial charge in [0.25, 0.3) is 0 Å². The summed E-state index contributed by atoms with van der Waals surface area (Å²) in [5.41, 5.74) is 4.40. The van der Waals surface area contributed by atoms with Gasteiger partial charge in [0.1, 0.15) is 5.75 Å². The summed E-state index contributed by atoms with van der Waals surface area (Å²) in [5, 5.41) is 5.83. The molecular weight excluding hydrogens is 454 g/mol. The smallest absolute Gasteiger partial charge is 0.319 e. The second kappa shape index (κ2) is 11.4. The Balaban J connectivity index is 1.76. The Hall–Kier alpha value is -2.21. The van der Waals surface area contributed by atoms with E-state index >= 15 is 0 Å². The summed E-state index contributed by atoms with van der Waals surface area (Å²) >= 11 is 3.59. The third-order valence-corrected chi connectivity index (χ3v) is 5.87. The molecule has 0 fully saturated rings. The van der Waals surface area contributed by atoms with Gasteiger partial charge in [-0.2, -0.15) is 0 Å². The largest absolute Gasteiger partial charge is 0.492 e. The molecule has 0 aliphatic rings. The molecule has 2 N–H and O–H groups in total. The number of anilines is 2. The van der Waals surface area contributed by atoms with Crippen LogP contribution >= 0.6 is 15.9 Å². The van der Waals surface area contributed by atoms with Crippen LogP contribution in [0.5, 0.6) is 5.75 Å². The maximum absolute atomic E-state index is 12.2. The van der Waals surface area contributed by atoms with Gasteiger partial charge < -0.3 is 20.3 Å². The first-order valence-corrected chi connectivity index (χ1v) is 11.8.